The van der Waals surface area contributed by atoms with Gasteiger partial charge in [0.15, 0.2) is 0 Å². The number of likely N-dealkylation sites (N-methyl/N-ethyl adjacent to an activating group) is 1. The van der Waals surface area contributed by atoms with Crippen LogP contribution in [0.2, 0.25) is 0 Å². The minimum atomic E-state index is 0.509. The zero-order chi connectivity index (χ0) is 10.5. The number of furan rings is 1. The van der Waals surface area contributed by atoms with Crippen LogP contribution in [-0.2, 0) is 6.42 Å². The average molecular weight is 207 g/mol. The van der Waals surface area contributed by atoms with Gasteiger partial charge in [0.1, 0.15) is 6.26 Å². The maximum atomic E-state index is 5.45. The van der Waals surface area contributed by atoms with Gasteiger partial charge in [-0.25, -0.2) is 0 Å². The molecule has 0 bridgehead atoms. The second-order valence-corrected chi connectivity index (χ2v) is 3.12. The van der Waals surface area contributed by atoms with E-state index in [1.807, 2.05) is 0 Å². The van der Waals surface area contributed by atoms with Crippen LogP contribution in [0.5, 0.6) is 0 Å². The molecule has 0 amide bonds. The average Bonchev–Trinajstić information content (AvgIpc) is 2.87. The molecule has 15 heavy (non-hydrogen) atoms. The SMILES string of the molecule is CCNCCc1nnc(-c2ccoc2)o1. The highest BCUT2D eigenvalue weighted by atomic mass is 16.4. The lowest BCUT2D eigenvalue weighted by atomic mass is 10.3. The van der Waals surface area contributed by atoms with E-state index in [4.69, 9.17) is 8.83 Å². The minimum Gasteiger partial charge on any atom is -0.472 e. The Bertz CT molecular complexity index is 394. The molecular weight excluding hydrogens is 194 g/mol. The van der Waals surface area contributed by atoms with Gasteiger partial charge in [0.25, 0.3) is 5.89 Å². The predicted octanol–water partition coefficient (Wildman–Crippen LogP) is 1.48. The summed E-state index contributed by atoms with van der Waals surface area (Å²) < 4.78 is 10.4. The van der Waals surface area contributed by atoms with Crippen LogP contribution in [0.3, 0.4) is 0 Å². The Balaban J connectivity index is 1.98. The van der Waals surface area contributed by atoms with E-state index in [1.54, 1.807) is 18.6 Å². The Morgan fingerprint density at radius 2 is 2.33 bits per heavy atom. The first-order valence-corrected chi connectivity index (χ1v) is 4.96. The van der Waals surface area contributed by atoms with Gasteiger partial charge in [0.05, 0.1) is 11.8 Å². The molecule has 0 saturated heterocycles. The van der Waals surface area contributed by atoms with Crippen molar-refractivity contribution in [2.45, 2.75) is 13.3 Å². The fourth-order valence-electron chi connectivity index (χ4n) is 1.23. The first kappa shape index (κ1) is 9.92. The molecule has 0 aliphatic rings. The van der Waals surface area contributed by atoms with Gasteiger partial charge in [0.2, 0.25) is 5.89 Å². The number of nitrogens with one attached hydrogen (secondary N) is 1. The van der Waals surface area contributed by atoms with Crippen molar-refractivity contribution in [2.75, 3.05) is 13.1 Å². The molecule has 0 atom stereocenters. The molecule has 5 nitrogen and oxygen atoms in total. The van der Waals surface area contributed by atoms with E-state index in [-0.39, 0.29) is 0 Å². The van der Waals surface area contributed by atoms with Gasteiger partial charge in [-0.1, -0.05) is 6.92 Å². The van der Waals surface area contributed by atoms with Crippen molar-refractivity contribution in [2.24, 2.45) is 0 Å². The van der Waals surface area contributed by atoms with Crippen LogP contribution in [0.15, 0.2) is 27.4 Å². The monoisotopic (exact) mass is 207 g/mol. The van der Waals surface area contributed by atoms with Gasteiger partial charge in [-0.05, 0) is 12.6 Å². The van der Waals surface area contributed by atoms with Gasteiger partial charge in [0, 0.05) is 13.0 Å². The summed E-state index contributed by atoms with van der Waals surface area (Å²) in [4.78, 5) is 0. The Labute approximate surface area is 87.5 Å². The standard InChI is InChI=1S/C10H13N3O2/c1-2-11-5-3-9-12-13-10(15-9)8-4-6-14-7-8/h4,6-7,11H,2-3,5H2,1H3. The van der Waals surface area contributed by atoms with Gasteiger partial charge in [-0.2, -0.15) is 0 Å². The Kier molecular flexibility index (Phi) is 3.14. The molecule has 2 heterocycles. The van der Waals surface area contributed by atoms with Crippen molar-refractivity contribution in [1.82, 2.24) is 15.5 Å². The molecule has 0 fully saturated rings. The maximum Gasteiger partial charge on any atom is 0.250 e. The summed E-state index contributed by atoms with van der Waals surface area (Å²) in [6.07, 6.45) is 3.91. The maximum absolute atomic E-state index is 5.45. The van der Waals surface area contributed by atoms with Crippen molar-refractivity contribution >= 4 is 0 Å². The predicted molar refractivity (Wildman–Crippen MR) is 54.2 cm³/mol. The quantitative estimate of drug-likeness (QED) is 0.752. The van der Waals surface area contributed by atoms with E-state index >= 15 is 0 Å². The summed E-state index contributed by atoms with van der Waals surface area (Å²) >= 11 is 0. The lowest BCUT2D eigenvalue weighted by molar-refractivity contribution is 0.495. The topological polar surface area (TPSA) is 64.1 Å². The number of rotatable bonds is 5. The van der Waals surface area contributed by atoms with Crippen LogP contribution >= 0.6 is 0 Å². The third kappa shape index (κ3) is 2.44. The molecule has 5 heteroatoms. The van der Waals surface area contributed by atoms with E-state index in [9.17, 15) is 0 Å². The Morgan fingerprint density at radius 3 is 3.07 bits per heavy atom. The van der Waals surface area contributed by atoms with Gasteiger partial charge >= 0.3 is 0 Å². The van der Waals surface area contributed by atoms with E-state index < -0.39 is 0 Å². The summed E-state index contributed by atoms with van der Waals surface area (Å²) in [5.74, 6) is 1.15. The third-order valence-electron chi connectivity index (χ3n) is 2.00. The molecule has 0 aliphatic carbocycles. The molecule has 2 aromatic rings. The van der Waals surface area contributed by atoms with Crippen molar-refractivity contribution in [3.05, 3.63) is 24.5 Å². The molecule has 80 valence electrons. The van der Waals surface area contributed by atoms with Crippen LogP contribution in [0.4, 0.5) is 0 Å². The van der Waals surface area contributed by atoms with E-state index in [0.29, 0.717) is 11.8 Å². The van der Waals surface area contributed by atoms with Crippen LogP contribution in [0.25, 0.3) is 11.5 Å². The highest BCUT2D eigenvalue weighted by Crippen LogP contribution is 2.17. The number of aromatic nitrogens is 2. The Morgan fingerprint density at radius 1 is 1.40 bits per heavy atom. The van der Waals surface area contributed by atoms with Crippen molar-refractivity contribution in [3.8, 4) is 11.5 Å². The van der Waals surface area contributed by atoms with Crippen molar-refractivity contribution < 1.29 is 8.83 Å². The van der Waals surface area contributed by atoms with Gasteiger partial charge < -0.3 is 14.2 Å². The van der Waals surface area contributed by atoms with Gasteiger partial charge in [-0.3, -0.25) is 0 Å². The van der Waals surface area contributed by atoms with Gasteiger partial charge in [-0.15, -0.1) is 10.2 Å². The van der Waals surface area contributed by atoms with E-state index in [2.05, 4.69) is 22.4 Å². The van der Waals surface area contributed by atoms with Crippen LogP contribution in [0, 0.1) is 0 Å². The largest absolute Gasteiger partial charge is 0.472 e. The first-order valence-electron chi connectivity index (χ1n) is 4.96. The second-order valence-electron chi connectivity index (χ2n) is 3.12. The van der Waals surface area contributed by atoms with Crippen LogP contribution in [-0.4, -0.2) is 23.3 Å². The zero-order valence-corrected chi connectivity index (χ0v) is 8.56. The fourth-order valence-corrected chi connectivity index (χ4v) is 1.23. The third-order valence-corrected chi connectivity index (χ3v) is 2.00. The fraction of sp³-hybridized carbons (Fsp3) is 0.400. The summed E-state index contributed by atoms with van der Waals surface area (Å²) in [6, 6.07) is 1.79. The summed E-state index contributed by atoms with van der Waals surface area (Å²) in [7, 11) is 0. The number of nitrogens with zero attached hydrogens (tertiary/aromatic N) is 2. The summed E-state index contributed by atoms with van der Waals surface area (Å²) in [5.41, 5.74) is 0.817. The summed E-state index contributed by atoms with van der Waals surface area (Å²) in [6.45, 7) is 3.86. The second kappa shape index (κ2) is 4.75. The smallest absolute Gasteiger partial charge is 0.250 e. The molecule has 0 aliphatic heterocycles. The molecule has 0 spiro atoms. The van der Waals surface area contributed by atoms with Crippen molar-refractivity contribution in [1.29, 1.82) is 0 Å². The highest BCUT2D eigenvalue weighted by Gasteiger charge is 2.08. The van der Waals surface area contributed by atoms with Crippen molar-refractivity contribution in [3.63, 3.8) is 0 Å². The first-order chi connectivity index (χ1) is 7.40. The number of hydrogen-bond acceptors (Lipinski definition) is 5. The molecule has 0 radical (unpaired) electrons. The summed E-state index contributed by atoms with van der Waals surface area (Å²) in [5, 5.41) is 11.1. The minimum absolute atomic E-state index is 0.509. The molecule has 0 unspecified atom stereocenters. The van der Waals surface area contributed by atoms with Crippen LogP contribution < -0.4 is 5.32 Å². The Hall–Kier alpha value is -1.62. The lowest BCUT2D eigenvalue weighted by Gasteiger charge is -1.95. The van der Waals surface area contributed by atoms with Crippen LogP contribution in [0.1, 0.15) is 12.8 Å². The van der Waals surface area contributed by atoms with E-state index in [1.165, 1.54) is 0 Å². The molecule has 0 aromatic carbocycles. The number of hydrogen-bond donors (Lipinski definition) is 1. The molecule has 2 aromatic heterocycles. The lowest BCUT2D eigenvalue weighted by Crippen LogP contribution is -2.16. The molecule has 0 saturated carbocycles. The molecular formula is C10H13N3O2. The zero-order valence-electron chi connectivity index (χ0n) is 8.56. The molecule has 1 N–H and O–H groups in total. The highest BCUT2D eigenvalue weighted by molar-refractivity contribution is 5.49. The van der Waals surface area contributed by atoms with E-state index in [0.717, 1.165) is 25.1 Å². The normalized spacial score (nSPS) is 10.7. The molecule has 2 rings (SSSR count).